The molecule has 1 amide bonds. The topological polar surface area (TPSA) is 59.1 Å². The fraction of sp³-hybridized carbons (Fsp3) is 0.227. The summed E-state index contributed by atoms with van der Waals surface area (Å²) in [6, 6.07) is 11.0. The number of thiazole rings is 1. The number of aryl methyl sites for hydroxylation is 3. The summed E-state index contributed by atoms with van der Waals surface area (Å²) in [5.41, 5.74) is 4.27. The van der Waals surface area contributed by atoms with Gasteiger partial charge in [0.25, 0.3) is 0 Å². The average molecular weight is 447 g/mol. The number of nitrogens with one attached hydrogen (secondary N) is 1. The number of hydrogen-bond acceptors (Lipinski definition) is 4. The van der Waals surface area contributed by atoms with Crippen LogP contribution in [0.3, 0.4) is 0 Å². The van der Waals surface area contributed by atoms with Crippen LogP contribution in [0, 0.1) is 20.8 Å². The maximum Gasteiger partial charge on any atom is 0.226 e. The first-order valence-corrected chi connectivity index (χ1v) is 10.6. The second-order valence-electron chi connectivity index (χ2n) is 6.84. The normalized spacial score (nSPS) is 10.8. The Morgan fingerprint density at radius 2 is 1.76 bits per heavy atom. The summed E-state index contributed by atoms with van der Waals surface area (Å²) in [5.74, 6) is -0.276. The molecule has 0 fully saturated rings. The van der Waals surface area contributed by atoms with E-state index in [1.807, 2.05) is 45.0 Å². The van der Waals surface area contributed by atoms with Gasteiger partial charge in [-0.15, -0.1) is 11.3 Å². The van der Waals surface area contributed by atoms with Crippen LogP contribution in [0.5, 0.6) is 0 Å². The molecular formula is C22H20Cl2N2O2S. The molecule has 0 unspecified atom stereocenters. The van der Waals surface area contributed by atoms with Gasteiger partial charge < -0.3 is 5.32 Å². The van der Waals surface area contributed by atoms with E-state index in [9.17, 15) is 9.59 Å². The molecule has 0 saturated carbocycles. The van der Waals surface area contributed by atoms with Crippen LogP contribution in [0.15, 0.2) is 36.4 Å². The van der Waals surface area contributed by atoms with Crippen molar-refractivity contribution in [3.63, 3.8) is 0 Å². The van der Waals surface area contributed by atoms with Crippen molar-refractivity contribution in [2.45, 2.75) is 33.6 Å². The van der Waals surface area contributed by atoms with Crippen molar-refractivity contribution in [1.29, 1.82) is 0 Å². The molecule has 1 heterocycles. The fourth-order valence-electron chi connectivity index (χ4n) is 3.03. The number of amides is 1. The predicted octanol–water partition coefficient (Wildman–Crippen LogP) is 6.64. The molecule has 2 aromatic carbocycles. The van der Waals surface area contributed by atoms with E-state index < -0.39 is 0 Å². The molecule has 1 aromatic heterocycles. The molecule has 0 spiro atoms. The molecule has 1 N–H and O–H groups in total. The van der Waals surface area contributed by atoms with Crippen molar-refractivity contribution < 1.29 is 9.59 Å². The smallest absolute Gasteiger partial charge is 0.226 e. The number of hydrogen-bond donors (Lipinski definition) is 1. The van der Waals surface area contributed by atoms with Gasteiger partial charge in [0, 0.05) is 28.8 Å². The molecule has 0 radical (unpaired) electrons. The van der Waals surface area contributed by atoms with Gasteiger partial charge in [0.2, 0.25) is 5.91 Å². The molecule has 0 bridgehead atoms. The number of halogens is 2. The van der Waals surface area contributed by atoms with Crippen LogP contribution in [-0.4, -0.2) is 16.7 Å². The van der Waals surface area contributed by atoms with Crippen molar-refractivity contribution in [2.75, 3.05) is 5.32 Å². The van der Waals surface area contributed by atoms with Crippen LogP contribution in [0.4, 0.5) is 5.13 Å². The first-order chi connectivity index (χ1) is 13.7. The van der Waals surface area contributed by atoms with E-state index in [-0.39, 0.29) is 24.5 Å². The van der Waals surface area contributed by atoms with Crippen molar-refractivity contribution in [3.05, 3.63) is 68.0 Å². The van der Waals surface area contributed by atoms with E-state index in [2.05, 4.69) is 10.3 Å². The van der Waals surface area contributed by atoms with Gasteiger partial charge in [-0.05, 0) is 38.5 Å². The van der Waals surface area contributed by atoms with E-state index in [1.165, 1.54) is 11.3 Å². The minimum absolute atomic E-state index is 0.0375. The van der Waals surface area contributed by atoms with E-state index in [0.717, 1.165) is 27.3 Å². The number of rotatable bonds is 6. The van der Waals surface area contributed by atoms with Gasteiger partial charge in [-0.25, -0.2) is 4.98 Å². The van der Waals surface area contributed by atoms with E-state index >= 15 is 0 Å². The lowest BCUT2D eigenvalue weighted by Crippen LogP contribution is -2.13. The molecule has 7 heteroatoms. The Balaban J connectivity index is 1.64. The van der Waals surface area contributed by atoms with Crippen molar-refractivity contribution >= 4 is 51.4 Å². The van der Waals surface area contributed by atoms with Crippen LogP contribution in [-0.2, 0) is 4.79 Å². The Kier molecular flexibility index (Phi) is 6.73. The lowest BCUT2D eigenvalue weighted by atomic mass is 9.99. The number of carbonyl (C=O) groups is 2. The minimum Gasteiger partial charge on any atom is -0.302 e. The van der Waals surface area contributed by atoms with Crippen molar-refractivity contribution in [3.8, 4) is 11.3 Å². The Morgan fingerprint density at radius 3 is 2.45 bits per heavy atom. The van der Waals surface area contributed by atoms with Gasteiger partial charge in [0.1, 0.15) is 0 Å². The highest BCUT2D eigenvalue weighted by atomic mass is 35.5. The van der Waals surface area contributed by atoms with Crippen LogP contribution in [0.2, 0.25) is 10.0 Å². The van der Waals surface area contributed by atoms with Crippen LogP contribution >= 0.6 is 34.5 Å². The van der Waals surface area contributed by atoms with Gasteiger partial charge in [-0.2, -0.15) is 0 Å². The number of nitrogens with zero attached hydrogens (tertiary/aromatic N) is 1. The maximum atomic E-state index is 12.4. The maximum absolute atomic E-state index is 12.4. The summed E-state index contributed by atoms with van der Waals surface area (Å²) in [7, 11) is 0. The summed E-state index contributed by atoms with van der Waals surface area (Å²) in [4.78, 5) is 30.2. The highest BCUT2D eigenvalue weighted by Crippen LogP contribution is 2.33. The third kappa shape index (κ3) is 5.24. The zero-order chi connectivity index (χ0) is 21.1. The number of benzene rings is 2. The lowest BCUT2D eigenvalue weighted by molar-refractivity contribution is -0.116. The number of carbonyl (C=O) groups excluding carboxylic acids is 2. The molecule has 0 aliphatic rings. The highest BCUT2D eigenvalue weighted by Gasteiger charge is 2.15. The van der Waals surface area contributed by atoms with E-state index in [1.54, 1.807) is 12.1 Å². The molecule has 4 nitrogen and oxygen atoms in total. The molecule has 0 aliphatic heterocycles. The summed E-state index contributed by atoms with van der Waals surface area (Å²) in [5, 5.41) is 4.21. The molecule has 0 saturated heterocycles. The minimum atomic E-state index is -0.238. The molecule has 3 rings (SSSR count). The van der Waals surface area contributed by atoms with Crippen molar-refractivity contribution in [2.24, 2.45) is 0 Å². The molecular weight excluding hydrogens is 427 g/mol. The van der Waals surface area contributed by atoms with E-state index in [4.69, 9.17) is 23.2 Å². The van der Waals surface area contributed by atoms with Gasteiger partial charge in [-0.3, -0.25) is 9.59 Å². The summed E-state index contributed by atoms with van der Waals surface area (Å²) in [6.45, 7) is 5.81. The van der Waals surface area contributed by atoms with E-state index in [0.29, 0.717) is 20.7 Å². The standard InChI is InChI=1S/C22H20Cl2N2O2S/c1-12-4-6-16(13(2)10-12)19(27)8-9-20(28)25-22-26-21(14(3)29-22)15-5-7-17(23)18(24)11-15/h4-7,10-11H,8-9H2,1-3H3,(H,25,26,28). The number of aromatic nitrogens is 1. The average Bonchev–Trinajstić information content (AvgIpc) is 3.02. The Bertz CT molecular complexity index is 1090. The second-order valence-corrected chi connectivity index (χ2v) is 8.86. The summed E-state index contributed by atoms with van der Waals surface area (Å²) < 4.78 is 0. The van der Waals surface area contributed by atoms with Crippen LogP contribution in [0.1, 0.15) is 39.2 Å². The van der Waals surface area contributed by atoms with Gasteiger partial charge >= 0.3 is 0 Å². The van der Waals surface area contributed by atoms with Gasteiger partial charge in [-0.1, -0.05) is 53.0 Å². The molecule has 0 atom stereocenters. The first-order valence-electron chi connectivity index (χ1n) is 9.07. The third-order valence-electron chi connectivity index (χ3n) is 4.50. The van der Waals surface area contributed by atoms with Crippen LogP contribution < -0.4 is 5.32 Å². The number of anilines is 1. The van der Waals surface area contributed by atoms with Gasteiger partial charge in [0.15, 0.2) is 10.9 Å². The lowest BCUT2D eigenvalue weighted by Gasteiger charge is -2.06. The SMILES string of the molecule is Cc1ccc(C(=O)CCC(=O)Nc2nc(-c3ccc(Cl)c(Cl)c3)c(C)s2)c(C)c1. The molecule has 0 aliphatic carbocycles. The summed E-state index contributed by atoms with van der Waals surface area (Å²) in [6.07, 6.45) is 0.257. The Morgan fingerprint density at radius 1 is 1.00 bits per heavy atom. The Labute approximate surface area is 183 Å². The Hall–Kier alpha value is -2.21. The number of Topliss-reactive ketones (excluding diaryl/α,β-unsaturated/α-hetero) is 1. The zero-order valence-electron chi connectivity index (χ0n) is 16.3. The number of ketones is 1. The largest absolute Gasteiger partial charge is 0.302 e. The molecule has 29 heavy (non-hydrogen) atoms. The second kappa shape index (κ2) is 9.08. The van der Waals surface area contributed by atoms with Crippen molar-refractivity contribution in [1.82, 2.24) is 4.98 Å². The van der Waals surface area contributed by atoms with Crippen LogP contribution in [0.25, 0.3) is 11.3 Å². The molecule has 150 valence electrons. The fourth-order valence-corrected chi connectivity index (χ4v) is 4.18. The quantitative estimate of drug-likeness (QED) is 0.431. The zero-order valence-corrected chi connectivity index (χ0v) is 18.6. The highest BCUT2D eigenvalue weighted by molar-refractivity contribution is 7.16. The van der Waals surface area contributed by atoms with Gasteiger partial charge in [0.05, 0.1) is 15.7 Å². The molecule has 3 aromatic rings. The first kappa shape index (κ1) is 21.5. The summed E-state index contributed by atoms with van der Waals surface area (Å²) >= 11 is 13.4. The predicted molar refractivity (Wildman–Crippen MR) is 120 cm³/mol. The third-order valence-corrected chi connectivity index (χ3v) is 6.12. The monoisotopic (exact) mass is 446 g/mol.